The highest BCUT2D eigenvalue weighted by Gasteiger charge is 2.19. The van der Waals surface area contributed by atoms with Crippen LogP contribution in [-0.2, 0) is 6.42 Å². The fourth-order valence-corrected chi connectivity index (χ4v) is 2.86. The molecule has 0 unspecified atom stereocenters. The summed E-state index contributed by atoms with van der Waals surface area (Å²) in [5.74, 6) is -2.32. The standard InChI is InChI=1S/C21H17F3O/c1-3-4-5-14-6-7-15-12-17(13-8-10-16(25-2)11-9-13)20(23)21(24)18(15)19(14)22/h3,6-12H,1,4-5H2,2H3. The summed E-state index contributed by atoms with van der Waals surface area (Å²) in [4.78, 5) is 0. The van der Waals surface area contributed by atoms with E-state index < -0.39 is 17.5 Å². The highest BCUT2D eigenvalue weighted by Crippen LogP contribution is 2.34. The van der Waals surface area contributed by atoms with Gasteiger partial charge in [0, 0.05) is 5.56 Å². The minimum absolute atomic E-state index is 0.0888. The molecule has 0 radical (unpaired) electrons. The fourth-order valence-electron chi connectivity index (χ4n) is 2.86. The van der Waals surface area contributed by atoms with Crippen LogP contribution in [0.4, 0.5) is 13.2 Å². The number of methoxy groups -OCH3 is 1. The molecule has 0 aliphatic heterocycles. The zero-order valence-electron chi connectivity index (χ0n) is 13.8. The van der Waals surface area contributed by atoms with Gasteiger partial charge >= 0.3 is 0 Å². The molecule has 0 saturated heterocycles. The van der Waals surface area contributed by atoms with E-state index in [0.717, 1.165) is 0 Å². The third kappa shape index (κ3) is 3.12. The molecule has 25 heavy (non-hydrogen) atoms. The summed E-state index contributed by atoms with van der Waals surface area (Å²) in [5.41, 5.74) is 0.934. The van der Waals surface area contributed by atoms with Crippen LogP contribution < -0.4 is 4.74 Å². The largest absolute Gasteiger partial charge is 0.497 e. The molecular formula is C21H17F3O. The van der Waals surface area contributed by atoms with Gasteiger partial charge in [0.25, 0.3) is 0 Å². The van der Waals surface area contributed by atoms with Crippen LogP contribution in [0.2, 0.25) is 0 Å². The Labute approximate surface area is 144 Å². The molecule has 0 aliphatic carbocycles. The van der Waals surface area contributed by atoms with Crippen molar-refractivity contribution in [3.8, 4) is 16.9 Å². The molecule has 3 rings (SSSR count). The van der Waals surface area contributed by atoms with Crippen molar-refractivity contribution in [3.05, 3.63) is 78.1 Å². The first-order valence-corrected chi connectivity index (χ1v) is 7.91. The number of fused-ring (bicyclic) bond motifs is 1. The van der Waals surface area contributed by atoms with E-state index in [-0.39, 0.29) is 10.9 Å². The van der Waals surface area contributed by atoms with Gasteiger partial charge in [-0.15, -0.1) is 6.58 Å². The molecule has 0 fully saturated rings. The lowest BCUT2D eigenvalue weighted by molar-refractivity contribution is 0.415. The van der Waals surface area contributed by atoms with Crippen molar-refractivity contribution < 1.29 is 17.9 Å². The topological polar surface area (TPSA) is 9.23 Å². The first-order chi connectivity index (χ1) is 12.1. The van der Waals surface area contributed by atoms with E-state index in [9.17, 15) is 13.2 Å². The molecule has 0 spiro atoms. The number of hydrogen-bond acceptors (Lipinski definition) is 1. The smallest absolute Gasteiger partial charge is 0.170 e. The van der Waals surface area contributed by atoms with Crippen LogP contribution in [0, 0.1) is 17.5 Å². The van der Waals surface area contributed by atoms with Crippen LogP contribution in [0.15, 0.2) is 55.1 Å². The van der Waals surface area contributed by atoms with E-state index in [1.807, 2.05) is 0 Å². The van der Waals surface area contributed by atoms with Gasteiger partial charge in [0.15, 0.2) is 11.6 Å². The number of rotatable bonds is 5. The van der Waals surface area contributed by atoms with Crippen LogP contribution in [0.25, 0.3) is 21.9 Å². The van der Waals surface area contributed by atoms with Gasteiger partial charge in [0.05, 0.1) is 12.5 Å². The second-order valence-corrected chi connectivity index (χ2v) is 5.74. The Morgan fingerprint density at radius 3 is 2.32 bits per heavy atom. The van der Waals surface area contributed by atoms with Gasteiger partial charge in [-0.1, -0.05) is 30.3 Å². The maximum Gasteiger partial charge on any atom is 0.170 e. The molecule has 4 heteroatoms. The Morgan fingerprint density at radius 2 is 1.68 bits per heavy atom. The molecule has 0 saturated carbocycles. The van der Waals surface area contributed by atoms with E-state index in [2.05, 4.69) is 6.58 Å². The van der Waals surface area contributed by atoms with E-state index in [1.165, 1.54) is 13.2 Å². The maximum absolute atomic E-state index is 14.6. The van der Waals surface area contributed by atoms with E-state index in [0.29, 0.717) is 35.1 Å². The Hall–Kier alpha value is -2.75. The second kappa shape index (κ2) is 7.01. The van der Waals surface area contributed by atoms with Crippen molar-refractivity contribution in [1.29, 1.82) is 0 Å². The maximum atomic E-state index is 14.6. The van der Waals surface area contributed by atoms with Crippen LogP contribution in [0.1, 0.15) is 12.0 Å². The molecule has 0 aromatic heterocycles. The molecule has 0 N–H and O–H groups in total. The first-order valence-electron chi connectivity index (χ1n) is 7.91. The SMILES string of the molecule is C=CCCc1ccc2cc(-c3ccc(OC)cc3)c(F)c(F)c2c1F. The molecule has 3 aromatic rings. The minimum Gasteiger partial charge on any atom is -0.497 e. The average Bonchev–Trinajstić information content (AvgIpc) is 2.64. The van der Waals surface area contributed by atoms with Crippen molar-refractivity contribution in [2.24, 2.45) is 0 Å². The Balaban J connectivity index is 2.16. The van der Waals surface area contributed by atoms with Gasteiger partial charge in [-0.2, -0.15) is 0 Å². The van der Waals surface area contributed by atoms with Gasteiger partial charge in [0.1, 0.15) is 11.6 Å². The number of ether oxygens (including phenoxy) is 1. The van der Waals surface area contributed by atoms with Crippen LogP contribution in [0.5, 0.6) is 5.75 Å². The predicted molar refractivity (Wildman–Crippen MR) is 94.3 cm³/mol. The third-order valence-electron chi connectivity index (χ3n) is 4.22. The fraction of sp³-hybridized carbons (Fsp3) is 0.143. The molecule has 0 bridgehead atoms. The molecule has 128 valence electrons. The Kier molecular flexibility index (Phi) is 4.79. The molecule has 3 aromatic carbocycles. The van der Waals surface area contributed by atoms with Gasteiger partial charge in [-0.25, -0.2) is 13.2 Å². The first kappa shape index (κ1) is 17.1. The minimum atomic E-state index is -1.17. The van der Waals surface area contributed by atoms with E-state index >= 15 is 0 Å². The summed E-state index contributed by atoms with van der Waals surface area (Å²) in [6.45, 7) is 3.59. The number of hydrogen-bond donors (Lipinski definition) is 0. The third-order valence-corrected chi connectivity index (χ3v) is 4.22. The molecule has 0 aliphatic rings. The summed E-state index contributed by atoms with van der Waals surface area (Å²) in [7, 11) is 1.53. The van der Waals surface area contributed by atoms with Crippen molar-refractivity contribution >= 4 is 10.8 Å². The van der Waals surface area contributed by atoms with Crippen molar-refractivity contribution in [3.63, 3.8) is 0 Å². The molecular weight excluding hydrogens is 325 g/mol. The number of benzene rings is 3. The molecule has 0 atom stereocenters. The van der Waals surface area contributed by atoms with Crippen LogP contribution in [0.3, 0.4) is 0 Å². The normalized spacial score (nSPS) is 10.9. The van der Waals surface area contributed by atoms with Crippen LogP contribution in [-0.4, -0.2) is 7.11 Å². The van der Waals surface area contributed by atoms with E-state index in [4.69, 9.17) is 4.74 Å². The lowest BCUT2D eigenvalue weighted by Gasteiger charge is -2.11. The summed E-state index contributed by atoms with van der Waals surface area (Å²) in [6, 6.07) is 11.3. The predicted octanol–water partition coefficient (Wildman–Crippen LogP) is 6.05. The summed E-state index contributed by atoms with van der Waals surface area (Å²) >= 11 is 0. The summed E-state index contributed by atoms with van der Waals surface area (Å²) < 4.78 is 48.8. The average molecular weight is 342 g/mol. The quantitative estimate of drug-likeness (QED) is 0.513. The lowest BCUT2D eigenvalue weighted by atomic mass is 9.97. The summed E-state index contributed by atoms with van der Waals surface area (Å²) in [6.07, 6.45) is 2.62. The zero-order valence-corrected chi connectivity index (χ0v) is 13.8. The van der Waals surface area contributed by atoms with Gasteiger partial charge in [-0.05, 0) is 47.6 Å². The molecule has 0 amide bonds. The number of aryl methyl sites for hydroxylation is 1. The highest BCUT2D eigenvalue weighted by atomic mass is 19.2. The Morgan fingerprint density at radius 1 is 0.960 bits per heavy atom. The van der Waals surface area contributed by atoms with Crippen molar-refractivity contribution in [2.45, 2.75) is 12.8 Å². The van der Waals surface area contributed by atoms with Crippen molar-refractivity contribution in [1.82, 2.24) is 0 Å². The Bertz CT molecular complexity index is 930. The summed E-state index contributed by atoms with van der Waals surface area (Å²) in [5, 5.41) is 0.0147. The number of allylic oxidation sites excluding steroid dienone is 1. The highest BCUT2D eigenvalue weighted by molar-refractivity contribution is 5.89. The van der Waals surface area contributed by atoms with Gasteiger partial charge in [-0.3, -0.25) is 0 Å². The zero-order chi connectivity index (χ0) is 18.0. The molecule has 0 heterocycles. The second-order valence-electron chi connectivity index (χ2n) is 5.74. The number of halogens is 3. The van der Waals surface area contributed by atoms with Crippen LogP contribution >= 0.6 is 0 Å². The van der Waals surface area contributed by atoms with Gasteiger partial charge in [0.2, 0.25) is 0 Å². The van der Waals surface area contributed by atoms with E-state index in [1.54, 1.807) is 42.5 Å². The van der Waals surface area contributed by atoms with Crippen molar-refractivity contribution in [2.75, 3.05) is 7.11 Å². The molecule has 1 nitrogen and oxygen atoms in total. The monoisotopic (exact) mass is 342 g/mol. The van der Waals surface area contributed by atoms with Gasteiger partial charge < -0.3 is 4.74 Å². The lowest BCUT2D eigenvalue weighted by Crippen LogP contribution is -1.98.